The van der Waals surface area contributed by atoms with Crippen LogP contribution in [0, 0.1) is 0 Å². The predicted molar refractivity (Wildman–Crippen MR) is 63.0 cm³/mol. The number of rotatable bonds is 5. The summed E-state index contributed by atoms with van der Waals surface area (Å²) in [6.45, 7) is 4.86. The summed E-state index contributed by atoms with van der Waals surface area (Å²) in [5.41, 5.74) is 5.51. The summed E-state index contributed by atoms with van der Waals surface area (Å²) in [4.78, 5) is 7.94. The van der Waals surface area contributed by atoms with Crippen molar-refractivity contribution in [2.24, 2.45) is 5.73 Å². The topological polar surface area (TPSA) is 63.8 Å². The summed E-state index contributed by atoms with van der Waals surface area (Å²) in [5, 5.41) is 3.85. The molecule has 0 spiro atoms. The fourth-order valence-corrected chi connectivity index (χ4v) is 1.49. The minimum absolute atomic E-state index is 0.0628. The van der Waals surface area contributed by atoms with Gasteiger partial charge in [-0.25, -0.2) is 9.97 Å². The van der Waals surface area contributed by atoms with E-state index in [4.69, 9.17) is 17.3 Å². The molecule has 1 atom stereocenters. The lowest BCUT2D eigenvalue weighted by atomic mass is 9.94. The maximum absolute atomic E-state index is 5.97. The van der Waals surface area contributed by atoms with Crippen molar-refractivity contribution in [3.8, 4) is 0 Å². The first-order chi connectivity index (χ1) is 7.11. The van der Waals surface area contributed by atoms with Gasteiger partial charge in [-0.1, -0.05) is 18.5 Å². The van der Waals surface area contributed by atoms with E-state index < -0.39 is 0 Å². The van der Waals surface area contributed by atoms with Crippen LogP contribution in [0.2, 0.25) is 5.02 Å². The van der Waals surface area contributed by atoms with E-state index in [1.165, 1.54) is 6.33 Å². The molecule has 0 radical (unpaired) electrons. The molecule has 3 N–H and O–H groups in total. The van der Waals surface area contributed by atoms with E-state index in [1.807, 2.05) is 0 Å². The minimum atomic E-state index is -0.0628. The Balaban J connectivity index is 2.79. The molecule has 0 fully saturated rings. The number of nitrogens with zero attached hydrogens (tertiary/aromatic N) is 2. The minimum Gasteiger partial charge on any atom is -0.364 e. The first-order valence-electron chi connectivity index (χ1n) is 5.05. The van der Waals surface area contributed by atoms with Crippen molar-refractivity contribution in [1.82, 2.24) is 9.97 Å². The van der Waals surface area contributed by atoms with Gasteiger partial charge >= 0.3 is 0 Å². The number of halogens is 1. The second-order valence-corrected chi connectivity index (χ2v) is 4.20. The zero-order valence-corrected chi connectivity index (χ0v) is 9.88. The fourth-order valence-electron chi connectivity index (χ4n) is 1.34. The maximum Gasteiger partial charge on any atom is 0.148 e. The molecule has 1 heterocycles. The highest BCUT2D eigenvalue weighted by molar-refractivity contribution is 6.32. The largest absolute Gasteiger partial charge is 0.364 e. The Kier molecular flexibility index (Phi) is 4.29. The van der Waals surface area contributed by atoms with Crippen molar-refractivity contribution in [2.75, 3.05) is 11.9 Å². The lowest BCUT2D eigenvalue weighted by molar-refractivity contribution is 0.462. The molecule has 1 aromatic rings. The molecule has 0 saturated carbocycles. The van der Waals surface area contributed by atoms with E-state index in [0.717, 1.165) is 12.8 Å². The SMILES string of the molecule is CCC(C)(CCN)Nc1ncncc1Cl. The van der Waals surface area contributed by atoms with Gasteiger partial charge in [-0.3, -0.25) is 0 Å². The molecule has 0 saturated heterocycles. The van der Waals surface area contributed by atoms with Crippen LogP contribution >= 0.6 is 11.6 Å². The molecule has 0 aliphatic rings. The van der Waals surface area contributed by atoms with Crippen molar-refractivity contribution >= 4 is 17.4 Å². The Hall–Kier alpha value is -0.870. The number of anilines is 1. The van der Waals surface area contributed by atoms with Crippen LogP contribution in [-0.4, -0.2) is 22.1 Å². The lowest BCUT2D eigenvalue weighted by Crippen LogP contribution is -2.36. The molecule has 4 nitrogen and oxygen atoms in total. The smallest absolute Gasteiger partial charge is 0.148 e. The summed E-state index contributed by atoms with van der Waals surface area (Å²) in [7, 11) is 0. The Morgan fingerprint density at radius 2 is 2.33 bits per heavy atom. The predicted octanol–water partition coefficient (Wildman–Crippen LogP) is 2.06. The quantitative estimate of drug-likeness (QED) is 0.810. The van der Waals surface area contributed by atoms with E-state index in [9.17, 15) is 0 Å². The van der Waals surface area contributed by atoms with Gasteiger partial charge in [-0.2, -0.15) is 0 Å². The molecule has 0 amide bonds. The third-order valence-corrected chi connectivity index (χ3v) is 2.84. The molecular weight excluding hydrogens is 212 g/mol. The molecule has 0 aromatic carbocycles. The lowest BCUT2D eigenvalue weighted by Gasteiger charge is -2.30. The number of hydrogen-bond acceptors (Lipinski definition) is 4. The van der Waals surface area contributed by atoms with Crippen molar-refractivity contribution in [3.63, 3.8) is 0 Å². The van der Waals surface area contributed by atoms with Crippen LogP contribution in [-0.2, 0) is 0 Å². The molecule has 1 unspecified atom stereocenters. The molecule has 5 heteroatoms. The second-order valence-electron chi connectivity index (χ2n) is 3.80. The Morgan fingerprint density at radius 3 is 2.87 bits per heavy atom. The fraction of sp³-hybridized carbons (Fsp3) is 0.600. The van der Waals surface area contributed by atoms with Crippen molar-refractivity contribution in [3.05, 3.63) is 17.5 Å². The molecule has 84 valence electrons. The first-order valence-corrected chi connectivity index (χ1v) is 5.43. The third kappa shape index (κ3) is 3.32. The molecule has 0 aliphatic heterocycles. The average Bonchev–Trinajstić information content (AvgIpc) is 2.22. The van der Waals surface area contributed by atoms with E-state index >= 15 is 0 Å². The Bertz CT molecular complexity index is 318. The highest BCUT2D eigenvalue weighted by Gasteiger charge is 2.22. The summed E-state index contributed by atoms with van der Waals surface area (Å²) in [5.74, 6) is 0.671. The van der Waals surface area contributed by atoms with Gasteiger partial charge in [0.25, 0.3) is 0 Å². The standard InChI is InChI=1S/C10H17ClN4/c1-3-10(2,4-5-12)15-9-8(11)6-13-7-14-9/h6-7H,3-5,12H2,1-2H3,(H,13,14,15). The van der Waals surface area contributed by atoms with Gasteiger partial charge in [-0.05, 0) is 26.3 Å². The van der Waals surface area contributed by atoms with Crippen LogP contribution in [0.1, 0.15) is 26.7 Å². The zero-order valence-electron chi connectivity index (χ0n) is 9.13. The summed E-state index contributed by atoms with van der Waals surface area (Å²) in [6, 6.07) is 0. The first kappa shape index (κ1) is 12.2. The zero-order chi connectivity index (χ0) is 11.3. The van der Waals surface area contributed by atoms with E-state index in [2.05, 4.69) is 29.1 Å². The normalized spacial score (nSPS) is 14.7. The van der Waals surface area contributed by atoms with Gasteiger partial charge in [0.15, 0.2) is 0 Å². The molecule has 1 rings (SSSR count). The van der Waals surface area contributed by atoms with Crippen molar-refractivity contribution < 1.29 is 0 Å². The van der Waals surface area contributed by atoms with Gasteiger partial charge in [-0.15, -0.1) is 0 Å². The molecule has 0 bridgehead atoms. The Morgan fingerprint density at radius 1 is 1.60 bits per heavy atom. The number of nitrogens with two attached hydrogens (primary N) is 1. The summed E-state index contributed by atoms with van der Waals surface area (Å²) >= 11 is 5.97. The average molecular weight is 229 g/mol. The van der Waals surface area contributed by atoms with Crippen LogP contribution in [0.25, 0.3) is 0 Å². The molecule has 1 aromatic heterocycles. The van der Waals surface area contributed by atoms with Gasteiger partial charge in [0, 0.05) is 5.54 Å². The van der Waals surface area contributed by atoms with E-state index in [-0.39, 0.29) is 5.54 Å². The van der Waals surface area contributed by atoms with Gasteiger partial charge in [0.05, 0.1) is 6.20 Å². The summed E-state index contributed by atoms with van der Waals surface area (Å²) < 4.78 is 0. The maximum atomic E-state index is 5.97. The van der Waals surface area contributed by atoms with Gasteiger partial charge in [0.1, 0.15) is 17.2 Å². The highest BCUT2D eigenvalue weighted by Crippen LogP contribution is 2.24. The van der Waals surface area contributed by atoms with Gasteiger partial charge in [0.2, 0.25) is 0 Å². The van der Waals surface area contributed by atoms with Crippen LogP contribution in [0.3, 0.4) is 0 Å². The molecule has 0 aliphatic carbocycles. The van der Waals surface area contributed by atoms with Crippen LogP contribution in [0.4, 0.5) is 5.82 Å². The van der Waals surface area contributed by atoms with E-state index in [1.54, 1.807) is 6.20 Å². The third-order valence-electron chi connectivity index (χ3n) is 2.56. The van der Waals surface area contributed by atoms with Crippen LogP contribution < -0.4 is 11.1 Å². The number of hydrogen-bond donors (Lipinski definition) is 2. The molecular formula is C10H17ClN4. The Labute approximate surface area is 95.3 Å². The monoisotopic (exact) mass is 228 g/mol. The van der Waals surface area contributed by atoms with Crippen LogP contribution in [0.15, 0.2) is 12.5 Å². The van der Waals surface area contributed by atoms with Crippen LogP contribution in [0.5, 0.6) is 0 Å². The van der Waals surface area contributed by atoms with Crippen molar-refractivity contribution in [2.45, 2.75) is 32.2 Å². The van der Waals surface area contributed by atoms with Gasteiger partial charge < -0.3 is 11.1 Å². The highest BCUT2D eigenvalue weighted by atomic mass is 35.5. The number of nitrogens with one attached hydrogen (secondary N) is 1. The number of aromatic nitrogens is 2. The molecule has 15 heavy (non-hydrogen) atoms. The van der Waals surface area contributed by atoms with Crippen molar-refractivity contribution in [1.29, 1.82) is 0 Å². The summed E-state index contributed by atoms with van der Waals surface area (Å²) in [6.07, 6.45) is 4.90. The second kappa shape index (κ2) is 5.28. The van der Waals surface area contributed by atoms with E-state index in [0.29, 0.717) is 17.4 Å².